The van der Waals surface area contributed by atoms with Crippen LogP contribution in [0.25, 0.3) is 0 Å². The Hall–Kier alpha value is -0.790. The molecule has 2 heterocycles. The number of rotatable bonds is 3. The molecule has 1 atom stereocenters. The van der Waals surface area contributed by atoms with E-state index in [2.05, 4.69) is 34.2 Å². The van der Waals surface area contributed by atoms with Crippen LogP contribution in [0.3, 0.4) is 0 Å². The number of guanidine groups is 1. The zero-order valence-electron chi connectivity index (χ0n) is 14.3. The summed E-state index contributed by atoms with van der Waals surface area (Å²) in [5.41, 5.74) is 2.20. The maximum Gasteiger partial charge on any atom is 0.193 e. The van der Waals surface area contributed by atoms with E-state index >= 15 is 0 Å². The highest BCUT2D eigenvalue weighted by molar-refractivity contribution is 14.0. The predicted molar refractivity (Wildman–Crippen MR) is 101 cm³/mol. The lowest BCUT2D eigenvalue weighted by Crippen LogP contribution is -2.46. The second-order valence-electron chi connectivity index (χ2n) is 6.24. The molecule has 1 aromatic heterocycles. The van der Waals surface area contributed by atoms with E-state index in [1.807, 2.05) is 20.9 Å². The molecule has 22 heavy (non-hydrogen) atoms. The van der Waals surface area contributed by atoms with Gasteiger partial charge in [0.1, 0.15) is 5.76 Å². The Morgan fingerprint density at radius 2 is 2.05 bits per heavy atom. The second-order valence-corrected chi connectivity index (χ2v) is 6.24. The van der Waals surface area contributed by atoms with Crippen LogP contribution in [0.2, 0.25) is 0 Å². The number of nitrogens with one attached hydrogen (secondary N) is 1. The third-order valence-electron chi connectivity index (χ3n) is 4.44. The Kier molecular flexibility index (Phi) is 7.65. The Morgan fingerprint density at radius 1 is 1.41 bits per heavy atom. The molecule has 1 fully saturated rings. The van der Waals surface area contributed by atoms with Gasteiger partial charge in [-0.25, -0.2) is 0 Å². The molecule has 1 aromatic rings. The molecule has 0 saturated carbocycles. The molecule has 5 nitrogen and oxygen atoms in total. The van der Waals surface area contributed by atoms with Crippen LogP contribution < -0.4 is 5.32 Å². The Morgan fingerprint density at radius 3 is 2.55 bits per heavy atom. The van der Waals surface area contributed by atoms with Crippen molar-refractivity contribution in [2.45, 2.75) is 46.5 Å². The first-order chi connectivity index (χ1) is 10.0. The molecule has 1 aliphatic heterocycles. The summed E-state index contributed by atoms with van der Waals surface area (Å²) in [5.74, 6) is 3.13. The van der Waals surface area contributed by atoms with Crippen molar-refractivity contribution < 1.29 is 4.52 Å². The molecule has 126 valence electrons. The van der Waals surface area contributed by atoms with Gasteiger partial charge in [0, 0.05) is 38.2 Å². The Bertz CT molecular complexity index is 473. The maximum absolute atomic E-state index is 5.26. The molecule has 1 saturated heterocycles. The fourth-order valence-corrected chi connectivity index (χ4v) is 3.09. The van der Waals surface area contributed by atoms with Gasteiger partial charge in [-0.05, 0) is 32.6 Å². The van der Waals surface area contributed by atoms with Gasteiger partial charge >= 0.3 is 0 Å². The predicted octanol–water partition coefficient (Wildman–Crippen LogP) is 3.32. The van der Waals surface area contributed by atoms with Crippen LogP contribution in [0.4, 0.5) is 0 Å². The van der Waals surface area contributed by atoms with Crippen LogP contribution in [-0.4, -0.2) is 42.7 Å². The van der Waals surface area contributed by atoms with E-state index in [1.54, 1.807) is 0 Å². The first-order valence-electron chi connectivity index (χ1n) is 7.91. The highest BCUT2D eigenvalue weighted by atomic mass is 127. The van der Waals surface area contributed by atoms with Gasteiger partial charge in [-0.3, -0.25) is 4.99 Å². The minimum Gasteiger partial charge on any atom is -0.361 e. The number of piperidine rings is 1. The summed E-state index contributed by atoms with van der Waals surface area (Å²) in [6, 6.07) is 0. The van der Waals surface area contributed by atoms with Crippen LogP contribution in [0.15, 0.2) is 9.52 Å². The van der Waals surface area contributed by atoms with Gasteiger partial charge in [-0.15, -0.1) is 24.0 Å². The van der Waals surface area contributed by atoms with E-state index in [9.17, 15) is 0 Å². The minimum absolute atomic E-state index is 0. The van der Waals surface area contributed by atoms with Crippen molar-refractivity contribution in [2.75, 3.05) is 26.7 Å². The van der Waals surface area contributed by atoms with Crippen molar-refractivity contribution >= 4 is 29.9 Å². The van der Waals surface area contributed by atoms with Gasteiger partial charge in [-0.2, -0.15) is 0 Å². The maximum atomic E-state index is 5.26. The molecule has 2 rings (SSSR count). The molecule has 0 amide bonds. The molecule has 6 heteroatoms. The van der Waals surface area contributed by atoms with Gasteiger partial charge in [0.05, 0.1) is 5.69 Å². The summed E-state index contributed by atoms with van der Waals surface area (Å²) in [7, 11) is 1.86. The van der Waals surface area contributed by atoms with Crippen LogP contribution in [0.1, 0.15) is 49.6 Å². The standard InChI is InChI=1S/C16H28N4O.HI/c1-11-6-8-20(9-7-11)16(17-5)18-10-12(2)15-13(3)19-21-14(15)4;/h11-12H,6-10H2,1-5H3,(H,17,18);1H. The van der Waals surface area contributed by atoms with Gasteiger partial charge in [-0.1, -0.05) is 19.0 Å². The number of likely N-dealkylation sites (tertiary alicyclic amines) is 1. The zero-order chi connectivity index (χ0) is 15.4. The SMILES string of the molecule is CN=C(NCC(C)c1c(C)noc1C)N1CCC(C)CC1.I. The number of aromatic nitrogens is 1. The topological polar surface area (TPSA) is 53.7 Å². The Balaban J connectivity index is 0.00000242. The number of nitrogens with zero attached hydrogens (tertiary/aromatic N) is 3. The largest absolute Gasteiger partial charge is 0.361 e. The molecule has 0 aromatic carbocycles. The average Bonchev–Trinajstić information content (AvgIpc) is 2.80. The lowest BCUT2D eigenvalue weighted by Gasteiger charge is -2.33. The summed E-state index contributed by atoms with van der Waals surface area (Å²) >= 11 is 0. The highest BCUT2D eigenvalue weighted by Gasteiger charge is 2.20. The van der Waals surface area contributed by atoms with Crippen LogP contribution in [0.5, 0.6) is 0 Å². The monoisotopic (exact) mass is 420 g/mol. The molecular weight excluding hydrogens is 391 g/mol. The molecule has 0 bridgehead atoms. The number of aliphatic imine (C=N–C) groups is 1. The number of hydrogen-bond acceptors (Lipinski definition) is 3. The van der Waals surface area contributed by atoms with E-state index in [0.29, 0.717) is 5.92 Å². The first-order valence-corrected chi connectivity index (χ1v) is 7.91. The number of halogens is 1. The molecule has 1 aliphatic rings. The van der Waals surface area contributed by atoms with E-state index in [0.717, 1.165) is 43.0 Å². The van der Waals surface area contributed by atoms with Crippen LogP contribution in [0, 0.1) is 19.8 Å². The van der Waals surface area contributed by atoms with Gasteiger partial charge in [0.25, 0.3) is 0 Å². The normalized spacial score (nSPS) is 18.0. The summed E-state index contributed by atoms with van der Waals surface area (Å²) in [6.45, 7) is 11.6. The summed E-state index contributed by atoms with van der Waals surface area (Å²) in [5, 5.41) is 7.54. The highest BCUT2D eigenvalue weighted by Crippen LogP contribution is 2.22. The lowest BCUT2D eigenvalue weighted by atomic mass is 9.99. The molecule has 1 N–H and O–H groups in total. The van der Waals surface area contributed by atoms with Gasteiger partial charge in [0.15, 0.2) is 5.96 Å². The molecule has 1 unspecified atom stereocenters. The quantitative estimate of drug-likeness (QED) is 0.463. The van der Waals surface area contributed by atoms with Crippen molar-refractivity contribution in [1.29, 1.82) is 0 Å². The molecular formula is C16H29IN4O. The Labute approximate surface area is 150 Å². The molecule has 0 radical (unpaired) electrons. The van der Waals surface area contributed by atoms with Crippen LogP contribution >= 0.6 is 24.0 Å². The van der Waals surface area contributed by atoms with Gasteiger partial charge < -0.3 is 14.7 Å². The first kappa shape index (κ1) is 19.3. The van der Waals surface area contributed by atoms with Crippen molar-refractivity contribution in [1.82, 2.24) is 15.4 Å². The van der Waals surface area contributed by atoms with E-state index in [4.69, 9.17) is 4.52 Å². The summed E-state index contributed by atoms with van der Waals surface area (Å²) < 4.78 is 5.26. The number of hydrogen-bond donors (Lipinski definition) is 1. The summed E-state index contributed by atoms with van der Waals surface area (Å²) in [6.07, 6.45) is 2.50. The van der Waals surface area contributed by atoms with Gasteiger partial charge in [0.2, 0.25) is 0 Å². The fraction of sp³-hybridized carbons (Fsp3) is 0.750. The van der Waals surface area contributed by atoms with E-state index in [1.165, 1.54) is 18.4 Å². The van der Waals surface area contributed by atoms with Crippen molar-refractivity contribution in [2.24, 2.45) is 10.9 Å². The van der Waals surface area contributed by atoms with Crippen molar-refractivity contribution in [3.63, 3.8) is 0 Å². The smallest absolute Gasteiger partial charge is 0.193 e. The zero-order valence-corrected chi connectivity index (χ0v) is 16.7. The fourth-order valence-electron chi connectivity index (χ4n) is 3.09. The summed E-state index contributed by atoms with van der Waals surface area (Å²) in [4.78, 5) is 6.79. The average molecular weight is 420 g/mol. The minimum atomic E-state index is 0. The third-order valence-corrected chi connectivity index (χ3v) is 4.44. The van der Waals surface area contributed by atoms with E-state index in [-0.39, 0.29) is 24.0 Å². The molecule has 0 aliphatic carbocycles. The second kappa shape index (κ2) is 8.74. The number of aryl methyl sites for hydroxylation is 2. The third kappa shape index (κ3) is 4.60. The van der Waals surface area contributed by atoms with E-state index < -0.39 is 0 Å². The lowest BCUT2D eigenvalue weighted by molar-refractivity contribution is 0.273. The van der Waals surface area contributed by atoms with Crippen molar-refractivity contribution in [3.05, 3.63) is 17.0 Å². The molecule has 0 spiro atoms. The van der Waals surface area contributed by atoms with Crippen molar-refractivity contribution in [3.8, 4) is 0 Å². The van der Waals surface area contributed by atoms with Crippen LogP contribution in [-0.2, 0) is 0 Å².